The van der Waals surface area contributed by atoms with Gasteiger partial charge in [-0.3, -0.25) is 0 Å². The van der Waals surface area contributed by atoms with E-state index in [1.807, 2.05) is 30.3 Å². The molecule has 0 amide bonds. The second kappa shape index (κ2) is 6.24. The molecular weight excluding hydrogens is 243 g/mol. The molecule has 0 saturated carbocycles. The lowest BCUT2D eigenvalue weighted by Crippen LogP contribution is -2.16. The molecule has 100 valence electrons. The lowest BCUT2D eigenvalue weighted by Gasteiger charge is -2.13. The van der Waals surface area contributed by atoms with Gasteiger partial charge in [-0.25, -0.2) is 14.4 Å². The molecule has 1 aromatic heterocycles. The Morgan fingerprint density at radius 1 is 1.26 bits per heavy atom. The van der Waals surface area contributed by atoms with E-state index in [9.17, 15) is 4.39 Å². The number of anilines is 1. The van der Waals surface area contributed by atoms with Crippen LogP contribution in [0.5, 0.6) is 0 Å². The van der Waals surface area contributed by atoms with Crippen molar-refractivity contribution in [1.82, 2.24) is 9.97 Å². The monoisotopic (exact) mass is 260 g/mol. The molecule has 0 fully saturated rings. The molecule has 3 N–H and O–H groups in total. The summed E-state index contributed by atoms with van der Waals surface area (Å²) in [5, 5.41) is 2.95. The Bertz CT molecular complexity index is 530. The van der Waals surface area contributed by atoms with Gasteiger partial charge in [0.05, 0.1) is 5.69 Å². The van der Waals surface area contributed by atoms with Crippen LogP contribution in [0.25, 0.3) is 0 Å². The molecule has 0 aliphatic rings. The zero-order valence-corrected chi connectivity index (χ0v) is 10.8. The van der Waals surface area contributed by atoms with Crippen LogP contribution in [-0.4, -0.2) is 16.5 Å². The molecule has 0 saturated heterocycles. The van der Waals surface area contributed by atoms with Crippen LogP contribution in [0.3, 0.4) is 0 Å². The number of benzene rings is 1. The number of rotatable bonds is 5. The summed E-state index contributed by atoms with van der Waals surface area (Å²) in [6, 6.07) is 9.76. The molecular formula is C14H17FN4. The van der Waals surface area contributed by atoms with Crippen molar-refractivity contribution >= 4 is 5.82 Å². The highest BCUT2D eigenvalue weighted by atomic mass is 19.1. The molecule has 0 aliphatic heterocycles. The SMILES string of the molecule is Cc1ncnc(NCCC(N)c2ccccc2)c1F. The fraction of sp³-hybridized carbons (Fsp3) is 0.286. The molecule has 2 rings (SSSR count). The Kier molecular flexibility index (Phi) is 4.41. The molecule has 0 spiro atoms. The van der Waals surface area contributed by atoms with E-state index in [0.717, 1.165) is 5.56 Å². The van der Waals surface area contributed by atoms with Crippen molar-refractivity contribution in [1.29, 1.82) is 0 Å². The van der Waals surface area contributed by atoms with Crippen molar-refractivity contribution in [3.05, 3.63) is 53.7 Å². The summed E-state index contributed by atoms with van der Waals surface area (Å²) >= 11 is 0. The maximum atomic E-state index is 13.6. The van der Waals surface area contributed by atoms with E-state index >= 15 is 0 Å². The first-order valence-electron chi connectivity index (χ1n) is 6.20. The van der Waals surface area contributed by atoms with Crippen LogP contribution in [0.15, 0.2) is 36.7 Å². The predicted octanol–water partition coefficient (Wildman–Crippen LogP) is 2.43. The van der Waals surface area contributed by atoms with Crippen LogP contribution in [-0.2, 0) is 0 Å². The van der Waals surface area contributed by atoms with E-state index in [2.05, 4.69) is 15.3 Å². The summed E-state index contributed by atoms with van der Waals surface area (Å²) < 4.78 is 13.6. The molecule has 4 nitrogen and oxygen atoms in total. The first-order chi connectivity index (χ1) is 9.18. The smallest absolute Gasteiger partial charge is 0.186 e. The van der Waals surface area contributed by atoms with Gasteiger partial charge in [-0.2, -0.15) is 0 Å². The fourth-order valence-corrected chi connectivity index (χ4v) is 1.79. The van der Waals surface area contributed by atoms with Gasteiger partial charge in [0.15, 0.2) is 11.6 Å². The average Bonchev–Trinajstić information content (AvgIpc) is 2.44. The minimum Gasteiger partial charge on any atom is -0.367 e. The third kappa shape index (κ3) is 3.48. The van der Waals surface area contributed by atoms with Crippen molar-refractivity contribution in [2.75, 3.05) is 11.9 Å². The van der Waals surface area contributed by atoms with E-state index < -0.39 is 5.82 Å². The maximum absolute atomic E-state index is 13.6. The topological polar surface area (TPSA) is 63.8 Å². The van der Waals surface area contributed by atoms with Crippen LogP contribution >= 0.6 is 0 Å². The first kappa shape index (κ1) is 13.4. The van der Waals surface area contributed by atoms with Gasteiger partial charge < -0.3 is 11.1 Å². The number of hydrogen-bond acceptors (Lipinski definition) is 4. The lowest BCUT2D eigenvalue weighted by molar-refractivity contribution is 0.601. The van der Waals surface area contributed by atoms with Gasteiger partial charge >= 0.3 is 0 Å². The zero-order chi connectivity index (χ0) is 13.7. The van der Waals surface area contributed by atoms with Crippen LogP contribution in [0.4, 0.5) is 10.2 Å². The van der Waals surface area contributed by atoms with Crippen molar-refractivity contribution < 1.29 is 4.39 Å². The normalized spacial score (nSPS) is 12.2. The summed E-state index contributed by atoms with van der Waals surface area (Å²) in [5.41, 5.74) is 7.47. The minimum absolute atomic E-state index is 0.0697. The highest BCUT2D eigenvalue weighted by molar-refractivity contribution is 5.36. The van der Waals surface area contributed by atoms with E-state index in [0.29, 0.717) is 18.7 Å². The van der Waals surface area contributed by atoms with Gasteiger partial charge in [-0.15, -0.1) is 0 Å². The van der Waals surface area contributed by atoms with Gasteiger partial charge in [-0.1, -0.05) is 30.3 Å². The molecule has 1 aromatic carbocycles. The minimum atomic E-state index is -0.407. The predicted molar refractivity (Wildman–Crippen MR) is 73.2 cm³/mol. The first-order valence-corrected chi connectivity index (χ1v) is 6.20. The zero-order valence-electron chi connectivity index (χ0n) is 10.8. The third-order valence-corrected chi connectivity index (χ3v) is 2.94. The molecule has 0 bridgehead atoms. The van der Waals surface area contributed by atoms with Gasteiger partial charge in [0.25, 0.3) is 0 Å². The molecule has 2 aromatic rings. The molecule has 1 heterocycles. The van der Waals surface area contributed by atoms with Gasteiger partial charge in [0, 0.05) is 12.6 Å². The number of nitrogens with one attached hydrogen (secondary N) is 1. The van der Waals surface area contributed by atoms with Crippen molar-refractivity contribution in [2.45, 2.75) is 19.4 Å². The maximum Gasteiger partial charge on any atom is 0.186 e. The van der Waals surface area contributed by atoms with Gasteiger partial charge in [0.1, 0.15) is 6.33 Å². The van der Waals surface area contributed by atoms with Crippen molar-refractivity contribution in [3.63, 3.8) is 0 Å². The van der Waals surface area contributed by atoms with Crippen molar-refractivity contribution in [3.8, 4) is 0 Å². The largest absolute Gasteiger partial charge is 0.367 e. The Hall–Kier alpha value is -2.01. The molecule has 5 heteroatoms. The van der Waals surface area contributed by atoms with Crippen LogP contribution < -0.4 is 11.1 Å². The van der Waals surface area contributed by atoms with E-state index in [1.165, 1.54) is 6.33 Å². The highest BCUT2D eigenvalue weighted by Gasteiger charge is 2.08. The standard InChI is InChI=1S/C14H17FN4/c1-10-13(15)14(19-9-18-10)17-8-7-12(16)11-5-3-2-4-6-11/h2-6,9,12H,7-8,16H2,1H3,(H,17,18,19). The summed E-state index contributed by atoms with van der Waals surface area (Å²) in [7, 11) is 0. The van der Waals surface area contributed by atoms with E-state index in [1.54, 1.807) is 6.92 Å². The van der Waals surface area contributed by atoms with Gasteiger partial charge in [-0.05, 0) is 18.9 Å². The summed E-state index contributed by atoms with van der Waals surface area (Å²) in [4.78, 5) is 7.65. The number of nitrogens with two attached hydrogens (primary N) is 1. The van der Waals surface area contributed by atoms with E-state index in [-0.39, 0.29) is 11.9 Å². The Labute approximate surface area is 111 Å². The summed E-state index contributed by atoms with van der Waals surface area (Å²) in [6.45, 7) is 2.17. The summed E-state index contributed by atoms with van der Waals surface area (Å²) in [6.07, 6.45) is 2.05. The molecule has 19 heavy (non-hydrogen) atoms. The highest BCUT2D eigenvalue weighted by Crippen LogP contribution is 2.15. The second-order valence-electron chi connectivity index (χ2n) is 4.35. The van der Waals surface area contributed by atoms with Crippen LogP contribution in [0.1, 0.15) is 23.7 Å². The number of aromatic nitrogens is 2. The Morgan fingerprint density at radius 3 is 2.74 bits per heavy atom. The average molecular weight is 260 g/mol. The second-order valence-corrected chi connectivity index (χ2v) is 4.35. The molecule has 1 unspecified atom stereocenters. The van der Waals surface area contributed by atoms with Gasteiger partial charge in [0.2, 0.25) is 0 Å². The number of nitrogens with zero attached hydrogens (tertiary/aromatic N) is 2. The van der Waals surface area contributed by atoms with Crippen LogP contribution in [0, 0.1) is 12.7 Å². The quantitative estimate of drug-likeness (QED) is 0.866. The Morgan fingerprint density at radius 2 is 2.00 bits per heavy atom. The van der Waals surface area contributed by atoms with Crippen molar-refractivity contribution in [2.24, 2.45) is 5.73 Å². The fourth-order valence-electron chi connectivity index (χ4n) is 1.79. The Balaban J connectivity index is 1.88. The molecule has 0 aliphatic carbocycles. The van der Waals surface area contributed by atoms with E-state index in [4.69, 9.17) is 5.73 Å². The number of aryl methyl sites for hydroxylation is 1. The number of halogens is 1. The number of hydrogen-bond donors (Lipinski definition) is 2. The molecule has 0 radical (unpaired) electrons. The lowest BCUT2D eigenvalue weighted by atomic mass is 10.1. The third-order valence-electron chi connectivity index (χ3n) is 2.94. The molecule has 1 atom stereocenters. The van der Waals surface area contributed by atoms with Crippen LogP contribution in [0.2, 0.25) is 0 Å². The summed E-state index contributed by atoms with van der Waals surface area (Å²) in [5.74, 6) is -0.177.